The number of Topliss-reactive ketones (excluding diaryl/α,β-unsaturated/α-hetero) is 1. The first-order valence-corrected chi connectivity index (χ1v) is 9.96. The van der Waals surface area contributed by atoms with Gasteiger partial charge in [0.05, 0.1) is 23.5 Å². The number of H-pyrrole nitrogens is 1. The fourth-order valence-corrected chi connectivity index (χ4v) is 4.55. The number of pyridine rings is 1. The van der Waals surface area contributed by atoms with Crippen LogP contribution in [0.1, 0.15) is 27.0 Å². The van der Waals surface area contributed by atoms with Gasteiger partial charge in [0.15, 0.2) is 0 Å². The number of hydrogen-bond donors (Lipinski definition) is 1. The van der Waals surface area contributed by atoms with E-state index < -0.39 is 52.8 Å². The number of halogens is 6. The lowest BCUT2D eigenvalue weighted by atomic mass is 9.90. The van der Waals surface area contributed by atoms with E-state index in [-0.39, 0.29) is 29.3 Å². The standard InChI is InChI=1S/C22H13F6N3O3/c23-21(24,25)18(32)15-11-5-7-30(20(34)22(26,27)28)9-13(11)19(33)31-8-6-12-10-3-1-2-4-14(10)29-16(12)17(15)31/h1-5,7,29H,6,8-9H2. The number of benzene rings is 1. The minimum Gasteiger partial charge on any atom is -0.353 e. The SMILES string of the molecule is O=C(c1c2c(c(=O)n3c1-c1[nH]c4ccccc4c1CC3)CN(C(=O)C(F)(F)F)C=C2)C(F)(F)F. The Morgan fingerprint density at radius 2 is 1.68 bits per heavy atom. The highest BCUT2D eigenvalue weighted by Crippen LogP contribution is 2.40. The highest BCUT2D eigenvalue weighted by Gasteiger charge is 2.46. The zero-order valence-electron chi connectivity index (χ0n) is 17.0. The van der Waals surface area contributed by atoms with Crippen molar-refractivity contribution in [2.45, 2.75) is 31.9 Å². The summed E-state index contributed by atoms with van der Waals surface area (Å²) in [7, 11) is 0. The molecule has 0 fully saturated rings. The van der Waals surface area contributed by atoms with E-state index in [0.29, 0.717) is 17.3 Å². The zero-order chi connectivity index (χ0) is 24.6. The fraction of sp³-hybridized carbons (Fsp3) is 0.227. The summed E-state index contributed by atoms with van der Waals surface area (Å²) in [6.45, 7) is -1.01. The predicted molar refractivity (Wildman–Crippen MR) is 108 cm³/mol. The number of carbonyl (C=O) groups is 2. The lowest BCUT2D eigenvalue weighted by molar-refractivity contribution is -0.183. The van der Waals surface area contributed by atoms with Crippen LogP contribution in [0.2, 0.25) is 0 Å². The van der Waals surface area contributed by atoms with Crippen LogP contribution >= 0.6 is 0 Å². The average molecular weight is 481 g/mol. The molecule has 0 unspecified atom stereocenters. The van der Waals surface area contributed by atoms with E-state index in [2.05, 4.69) is 4.98 Å². The lowest BCUT2D eigenvalue weighted by Gasteiger charge is -2.29. The van der Waals surface area contributed by atoms with Crippen LogP contribution in [0.4, 0.5) is 26.3 Å². The molecule has 1 aromatic carbocycles. The molecule has 1 amide bonds. The van der Waals surface area contributed by atoms with Crippen molar-refractivity contribution < 1.29 is 35.9 Å². The molecule has 176 valence electrons. The Balaban J connectivity index is 1.81. The number of fused-ring (bicyclic) bond motifs is 6. The number of aromatic amines is 1. The first-order chi connectivity index (χ1) is 15.9. The largest absolute Gasteiger partial charge is 0.471 e. The van der Waals surface area contributed by atoms with Crippen LogP contribution in [0.15, 0.2) is 35.3 Å². The monoisotopic (exact) mass is 481 g/mol. The van der Waals surface area contributed by atoms with Gasteiger partial charge in [-0.25, -0.2) is 0 Å². The first-order valence-electron chi connectivity index (χ1n) is 9.96. The van der Waals surface area contributed by atoms with Crippen molar-refractivity contribution in [1.29, 1.82) is 0 Å². The van der Waals surface area contributed by atoms with E-state index >= 15 is 0 Å². The highest BCUT2D eigenvalue weighted by molar-refractivity contribution is 6.09. The quantitative estimate of drug-likeness (QED) is 0.419. The number of para-hydroxylation sites is 1. The normalized spacial score (nSPS) is 15.2. The van der Waals surface area contributed by atoms with Crippen molar-refractivity contribution in [3.8, 4) is 11.4 Å². The molecule has 34 heavy (non-hydrogen) atoms. The molecule has 0 spiro atoms. The van der Waals surface area contributed by atoms with Gasteiger partial charge in [-0.2, -0.15) is 26.3 Å². The van der Waals surface area contributed by atoms with E-state index in [1.165, 1.54) is 0 Å². The molecule has 5 rings (SSSR count). The molecule has 3 aromatic rings. The van der Waals surface area contributed by atoms with Crippen LogP contribution in [0.3, 0.4) is 0 Å². The smallest absolute Gasteiger partial charge is 0.353 e. The molecule has 0 radical (unpaired) electrons. The zero-order valence-corrected chi connectivity index (χ0v) is 17.0. The number of carbonyl (C=O) groups excluding carboxylic acids is 2. The third-order valence-electron chi connectivity index (χ3n) is 5.98. The first kappa shape index (κ1) is 22.0. The van der Waals surface area contributed by atoms with Crippen LogP contribution in [-0.2, 0) is 24.3 Å². The maximum absolute atomic E-state index is 13.6. The highest BCUT2D eigenvalue weighted by atomic mass is 19.4. The second kappa shape index (κ2) is 7.08. The van der Waals surface area contributed by atoms with Gasteiger partial charge >= 0.3 is 18.3 Å². The van der Waals surface area contributed by atoms with Crippen molar-refractivity contribution in [2.75, 3.05) is 0 Å². The van der Waals surface area contributed by atoms with Crippen LogP contribution < -0.4 is 5.56 Å². The third kappa shape index (κ3) is 3.16. The molecule has 0 aliphatic carbocycles. The molecule has 0 saturated heterocycles. The number of aryl methyl sites for hydroxylation is 1. The number of amides is 1. The molecular weight excluding hydrogens is 468 g/mol. The number of hydrogen-bond acceptors (Lipinski definition) is 3. The Bertz CT molecular complexity index is 1480. The van der Waals surface area contributed by atoms with Gasteiger partial charge in [0.2, 0.25) is 0 Å². The maximum Gasteiger partial charge on any atom is 0.471 e. The molecule has 2 aliphatic heterocycles. The van der Waals surface area contributed by atoms with Gasteiger partial charge in [-0.3, -0.25) is 14.4 Å². The Morgan fingerprint density at radius 1 is 0.971 bits per heavy atom. The molecule has 6 nitrogen and oxygen atoms in total. The minimum absolute atomic E-state index is 0.0919. The molecule has 4 heterocycles. The number of aromatic nitrogens is 2. The van der Waals surface area contributed by atoms with Gasteiger partial charge in [-0.05, 0) is 29.7 Å². The van der Waals surface area contributed by atoms with Crippen molar-refractivity contribution in [3.63, 3.8) is 0 Å². The van der Waals surface area contributed by atoms with Crippen molar-refractivity contribution in [3.05, 3.63) is 63.1 Å². The summed E-state index contributed by atoms with van der Waals surface area (Å²) in [6, 6.07) is 6.89. The molecule has 1 N–H and O–H groups in total. The number of rotatable bonds is 1. The Hall–Kier alpha value is -3.83. The summed E-state index contributed by atoms with van der Waals surface area (Å²) in [5, 5.41) is 0.719. The molecule has 12 heteroatoms. The average Bonchev–Trinajstić information content (AvgIpc) is 3.16. The second-order valence-electron chi connectivity index (χ2n) is 7.92. The van der Waals surface area contributed by atoms with Crippen molar-refractivity contribution >= 4 is 28.7 Å². The summed E-state index contributed by atoms with van der Waals surface area (Å²) in [5.74, 6) is -4.52. The summed E-state index contributed by atoms with van der Waals surface area (Å²) < 4.78 is 80.6. The maximum atomic E-state index is 13.6. The van der Waals surface area contributed by atoms with E-state index in [9.17, 15) is 40.7 Å². The fourth-order valence-electron chi connectivity index (χ4n) is 4.55. The van der Waals surface area contributed by atoms with E-state index in [0.717, 1.165) is 16.0 Å². The summed E-state index contributed by atoms with van der Waals surface area (Å²) in [4.78, 5) is 40.6. The Kier molecular flexibility index (Phi) is 4.58. The van der Waals surface area contributed by atoms with Crippen LogP contribution in [-0.4, -0.2) is 38.5 Å². The topological polar surface area (TPSA) is 75.2 Å². The second-order valence-corrected chi connectivity index (χ2v) is 7.92. The predicted octanol–water partition coefficient (Wildman–Crippen LogP) is 4.17. The van der Waals surface area contributed by atoms with Gasteiger partial charge in [0, 0.05) is 29.2 Å². The van der Waals surface area contributed by atoms with Gasteiger partial charge < -0.3 is 14.5 Å². The van der Waals surface area contributed by atoms with Crippen molar-refractivity contribution in [1.82, 2.24) is 14.5 Å². The van der Waals surface area contributed by atoms with E-state index in [1.54, 1.807) is 24.3 Å². The molecular formula is C22H13F6N3O3. The third-order valence-corrected chi connectivity index (χ3v) is 5.98. The van der Waals surface area contributed by atoms with Gasteiger partial charge in [0.25, 0.3) is 11.3 Å². The summed E-state index contributed by atoms with van der Waals surface area (Å²) in [6.07, 6.45) is -8.91. The number of nitrogens with one attached hydrogen (secondary N) is 1. The number of alkyl halides is 6. The Labute approximate surface area is 186 Å². The lowest BCUT2D eigenvalue weighted by Crippen LogP contribution is -2.42. The van der Waals surface area contributed by atoms with Crippen LogP contribution in [0.5, 0.6) is 0 Å². The minimum atomic E-state index is -5.32. The molecule has 0 bridgehead atoms. The van der Waals surface area contributed by atoms with Gasteiger partial charge in [-0.1, -0.05) is 18.2 Å². The summed E-state index contributed by atoms with van der Waals surface area (Å²) >= 11 is 0. The molecule has 0 atom stereocenters. The molecule has 0 saturated carbocycles. The van der Waals surface area contributed by atoms with E-state index in [4.69, 9.17) is 0 Å². The van der Waals surface area contributed by atoms with Gasteiger partial charge in [0.1, 0.15) is 0 Å². The number of nitrogens with zero attached hydrogens (tertiary/aromatic N) is 2. The summed E-state index contributed by atoms with van der Waals surface area (Å²) in [5.41, 5.74) is -1.53. The van der Waals surface area contributed by atoms with E-state index in [1.807, 2.05) is 0 Å². The number of ketones is 1. The van der Waals surface area contributed by atoms with Crippen LogP contribution in [0, 0.1) is 0 Å². The van der Waals surface area contributed by atoms with Gasteiger partial charge in [-0.15, -0.1) is 0 Å². The van der Waals surface area contributed by atoms with Crippen molar-refractivity contribution in [2.24, 2.45) is 0 Å². The molecule has 2 aliphatic rings. The Morgan fingerprint density at radius 3 is 2.35 bits per heavy atom. The molecule has 2 aromatic heterocycles. The van der Waals surface area contributed by atoms with Crippen LogP contribution in [0.25, 0.3) is 28.4 Å².